The minimum Gasteiger partial charge on any atom is -0.481 e. The second kappa shape index (κ2) is 5.45. The molecule has 128 valence electrons. The number of carbonyl (C=O) groups excluding carboxylic acids is 1. The zero-order valence-corrected chi connectivity index (χ0v) is 12.3. The predicted molar refractivity (Wildman–Crippen MR) is 77.6 cm³/mol. The van der Waals surface area contributed by atoms with Crippen LogP contribution in [0.25, 0.3) is 0 Å². The van der Waals surface area contributed by atoms with Crippen LogP contribution in [-0.2, 0) is 14.3 Å². The van der Waals surface area contributed by atoms with Crippen LogP contribution >= 0.6 is 0 Å². The van der Waals surface area contributed by atoms with Crippen LogP contribution in [0.4, 0.5) is 14.9 Å². The lowest BCUT2D eigenvalue weighted by molar-refractivity contribution is -0.146. The summed E-state index contributed by atoms with van der Waals surface area (Å²) in [5.74, 6) is -5.27. The Morgan fingerprint density at radius 2 is 1.88 bits per heavy atom. The van der Waals surface area contributed by atoms with Crippen LogP contribution in [0.15, 0.2) is 24.3 Å². The van der Waals surface area contributed by atoms with Crippen molar-refractivity contribution in [2.75, 3.05) is 5.32 Å². The lowest BCUT2D eigenvalue weighted by Crippen LogP contribution is -2.51. The van der Waals surface area contributed by atoms with Crippen LogP contribution in [0, 0.1) is 23.6 Å². The first-order valence-electron chi connectivity index (χ1n) is 7.22. The average Bonchev–Trinajstić information content (AvgIpc) is 3.18. The van der Waals surface area contributed by atoms with Gasteiger partial charge in [-0.2, -0.15) is 0 Å². The van der Waals surface area contributed by atoms with Crippen molar-refractivity contribution in [1.82, 2.24) is 0 Å². The largest absolute Gasteiger partial charge is 0.481 e. The maximum atomic E-state index is 12.8. The molecule has 5 atom stereocenters. The van der Waals surface area contributed by atoms with E-state index in [0.717, 1.165) is 12.1 Å². The molecule has 0 radical (unpaired) electrons. The number of aliphatic carboxylic acids is 2. The molecule has 2 aliphatic carbocycles. The SMILES string of the molecule is N[C@]1(C(=O)O)C[C@@H](OC(=O)Nc2ccc(F)cc2)[C@@H]2[C@@H](C(=O)O)[C@H]21. The lowest BCUT2D eigenvalue weighted by atomic mass is 9.91. The zero-order chi connectivity index (χ0) is 17.6. The van der Waals surface area contributed by atoms with Gasteiger partial charge in [0.25, 0.3) is 0 Å². The van der Waals surface area contributed by atoms with E-state index in [-0.39, 0.29) is 6.42 Å². The highest BCUT2D eigenvalue weighted by molar-refractivity contribution is 5.87. The van der Waals surface area contributed by atoms with Gasteiger partial charge in [0, 0.05) is 23.9 Å². The van der Waals surface area contributed by atoms with Crippen LogP contribution in [0.3, 0.4) is 0 Å². The summed E-state index contributed by atoms with van der Waals surface area (Å²) in [4.78, 5) is 34.5. The van der Waals surface area contributed by atoms with Crippen LogP contribution in [0.2, 0.25) is 0 Å². The second-order valence-electron chi connectivity index (χ2n) is 6.09. The molecule has 9 heteroatoms. The minimum absolute atomic E-state index is 0.154. The van der Waals surface area contributed by atoms with Gasteiger partial charge in [-0.15, -0.1) is 0 Å². The Hall–Kier alpha value is -2.68. The van der Waals surface area contributed by atoms with Crippen LogP contribution in [0.5, 0.6) is 0 Å². The van der Waals surface area contributed by atoms with Gasteiger partial charge in [0.15, 0.2) is 0 Å². The molecule has 2 saturated carbocycles. The van der Waals surface area contributed by atoms with E-state index >= 15 is 0 Å². The van der Waals surface area contributed by atoms with Gasteiger partial charge in [-0.25, -0.2) is 9.18 Å². The van der Waals surface area contributed by atoms with E-state index in [1.165, 1.54) is 12.1 Å². The Morgan fingerprint density at radius 3 is 2.42 bits per heavy atom. The average molecular weight is 338 g/mol. The molecule has 0 aromatic heterocycles. The Labute approximate surface area is 135 Å². The molecule has 0 saturated heterocycles. The Kier molecular flexibility index (Phi) is 3.67. The molecule has 1 amide bonds. The van der Waals surface area contributed by atoms with Crippen molar-refractivity contribution < 1.29 is 33.7 Å². The maximum Gasteiger partial charge on any atom is 0.411 e. The molecule has 2 aliphatic rings. The number of anilines is 1. The van der Waals surface area contributed by atoms with Crippen molar-refractivity contribution in [2.24, 2.45) is 23.5 Å². The van der Waals surface area contributed by atoms with E-state index in [0.29, 0.717) is 5.69 Å². The summed E-state index contributed by atoms with van der Waals surface area (Å²) in [5, 5.41) is 20.8. The number of carboxylic acid groups (broad SMARTS) is 2. The highest BCUT2D eigenvalue weighted by atomic mass is 19.1. The third-order valence-electron chi connectivity index (χ3n) is 4.67. The van der Waals surface area contributed by atoms with Crippen molar-refractivity contribution in [2.45, 2.75) is 18.1 Å². The summed E-state index contributed by atoms with van der Waals surface area (Å²) in [5.41, 5.74) is 4.40. The number of amides is 1. The number of ether oxygens (including phenoxy) is 1. The summed E-state index contributed by atoms with van der Waals surface area (Å²) in [7, 11) is 0. The van der Waals surface area contributed by atoms with Gasteiger partial charge in [-0.1, -0.05) is 0 Å². The van der Waals surface area contributed by atoms with Gasteiger partial charge in [0.05, 0.1) is 5.92 Å². The Bertz CT molecular complexity index is 708. The van der Waals surface area contributed by atoms with Gasteiger partial charge in [-0.05, 0) is 24.3 Å². The molecular weight excluding hydrogens is 323 g/mol. The molecule has 0 aliphatic heterocycles. The third kappa shape index (κ3) is 2.56. The number of rotatable bonds is 4. The summed E-state index contributed by atoms with van der Waals surface area (Å²) >= 11 is 0. The first-order valence-corrected chi connectivity index (χ1v) is 7.22. The normalized spacial score (nSPS) is 33.4. The number of carbonyl (C=O) groups is 3. The number of benzene rings is 1. The summed E-state index contributed by atoms with van der Waals surface area (Å²) in [6.45, 7) is 0. The van der Waals surface area contributed by atoms with Crippen molar-refractivity contribution >= 4 is 23.7 Å². The maximum absolute atomic E-state index is 12.8. The number of carboxylic acids is 2. The fourth-order valence-electron chi connectivity index (χ4n) is 3.55. The molecular formula is C15H15FN2O6. The van der Waals surface area contributed by atoms with Gasteiger partial charge in [0.2, 0.25) is 0 Å². The van der Waals surface area contributed by atoms with Gasteiger partial charge in [-0.3, -0.25) is 14.9 Å². The third-order valence-corrected chi connectivity index (χ3v) is 4.67. The fourth-order valence-corrected chi connectivity index (χ4v) is 3.55. The molecule has 0 spiro atoms. The molecule has 5 N–H and O–H groups in total. The van der Waals surface area contributed by atoms with E-state index < -0.39 is 53.2 Å². The summed E-state index contributed by atoms with van der Waals surface area (Å²) in [6.07, 6.45) is -1.94. The minimum atomic E-state index is -1.73. The molecule has 2 fully saturated rings. The predicted octanol–water partition coefficient (Wildman–Crippen LogP) is 0.875. The number of fused-ring (bicyclic) bond motifs is 1. The molecule has 0 unspecified atom stereocenters. The zero-order valence-electron chi connectivity index (χ0n) is 12.3. The number of nitrogens with one attached hydrogen (secondary N) is 1. The van der Waals surface area contributed by atoms with Gasteiger partial charge >= 0.3 is 18.0 Å². The van der Waals surface area contributed by atoms with Crippen LogP contribution in [0.1, 0.15) is 6.42 Å². The molecule has 0 bridgehead atoms. The van der Waals surface area contributed by atoms with Crippen molar-refractivity contribution in [3.8, 4) is 0 Å². The second-order valence-corrected chi connectivity index (χ2v) is 6.09. The highest BCUT2D eigenvalue weighted by Gasteiger charge is 2.75. The van der Waals surface area contributed by atoms with Crippen LogP contribution < -0.4 is 11.1 Å². The van der Waals surface area contributed by atoms with Crippen molar-refractivity contribution in [1.29, 1.82) is 0 Å². The first kappa shape index (κ1) is 16.2. The van der Waals surface area contributed by atoms with Crippen molar-refractivity contribution in [3.05, 3.63) is 30.1 Å². The number of hydrogen-bond acceptors (Lipinski definition) is 5. The molecule has 0 heterocycles. The van der Waals surface area contributed by atoms with E-state index in [2.05, 4.69) is 5.32 Å². The quantitative estimate of drug-likeness (QED) is 0.639. The highest BCUT2D eigenvalue weighted by Crippen LogP contribution is 2.62. The number of halogens is 1. The van der Waals surface area contributed by atoms with Gasteiger partial charge in [0.1, 0.15) is 17.5 Å². The number of nitrogens with two attached hydrogens (primary N) is 1. The van der Waals surface area contributed by atoms with E-state index in [1.807, 2.05) is 0 Å². The van der Waals surface area contributed by atoms with E-state index in [4.69, 9.17) is 15.6 Å². The first-order chi connectivity index (χ1) is 11.2. The van der Waals surface area contributed by atoms with Crippen LogP contribution in [-0.4, -0.2) is 39.9 Å². The standard InChI is InChI=1S/C15H15FN2O6/c16-6-1-3-7(4-2-6)18-14(23)24-8-5-15(17,13(21)22)11-9(8)10(11)12(19)20/h1-4,8-11H,5,17H2,(H,18,23)(H,19,20)(H,21,22)/t8-,9-,10-,11+,15-/m1/s1. The summed E-state index contributed by atoms with van der Waals surface area (Å²) < 4.78 is 18.0. The van der Waals surface area contributed by atoms with E-state index in [9.17, 15) is 23.9 Å². The Morgan fingerprint density at radius 1 is 1.25 bits per heavy atom. The molecule has 24 heavy (non-hydrogen) atoms. The number of hydrogen-bond donors (Lipinski definition) is 4. The smallest absolute Gasteiger partial charge is 0.411 e. The van der Waals surface area contributed by atoms with E-state index in [1.54, 1.807) is 0 Å². The Balaban J connectivity index is 1.69. The van der Waals surface area contributed by atoms with Crippen molar-refractivity contribution in [3.63, 3.8) is 0 Å². The molecule has 3 rings (SSSR count). The fraction of sp³-hybridized carbons (Fsp3) is 0.400. The molecule has 1 aromatic rings. The van der Waals surface area contributed by atoms with Gasteiger partial charge < -0.3 is 20.7 Å². The topological polar surface area (TPSA) is 139 Å². The molecule has 8 nitrogen and oxygen atoms in total. The monoisotopic (exact) mass is 338 g/mol. The lowest BCUT2D eigenvalue weighted by Gasteiger charge is -2.24. The molecule has 1 aromatic carbocycles. The summed E-state index contributed by atoms with van der Waals surface area (Å²) in [6, 6.07) is 4.96.